The molecular formula is C14H17BrN2. The molecule has 3 heteroatoms. The first-order chi connectivity index (χ1) is 8.27. The van der Waals surface area contributed by atoms with Gasteiger partial charge < -0.3 is 4.90 Å². The molecule has 0 N–H and O–H groups in total. The average molecular weight is 293 g/mol. The second-order valence-electron chi connectivity index (χ2n) is 4.52. The normalized spacial score (nSPS) is 14.4. The fourth-order valence-corrected chi connectivity index (χ4v) is 2.52. The molecule has 17 heavy (non-hydrogen) atoms. The molecule has 2 nitrogen and oxygen atoms in total. The summed E-state index contributed by atoms with van der Waals surface area (Å²) in [6, 6.07) is 8.99. The van der Waals surface area contributed by atoms with Gasteiger partial charge in [0.2, 0.25) is 0 Å². The van der Waals surface area contributed by atoms with Crippen LogP contribution in [-0.4, -0.2) is 12.6 Å². The van der Waals surface area contributed by atoms with Crippen LogP contribution in [0.2, 0.25) is 0 Å². The van der Waals surface area contributed by atoms with Crippen molar-refractivity contribution < 1.29 is 0 Å². The van der Waals surface area contributed by atoms with E-state index in [-0.39, 0.29) is 0 Å². The number of hydrogen-bond acceptors (Lipinski definition) is 2. The lowest BCUT2D eigenvalue weighted by molar-refractivity contribution is 0.712. The van der Waals surface area contributed by atoms with Gasteiger partial charge >= 0.3 is 0 Å². The SMILES string of the molecule is CCCCN(c1cccc(Br)c1C#N)C1CC1. The zero-order chi connectivity index (χ0) is 12.3. The van der Waals surface area contributed by atoms with Gasteiger partial charge in [-0.3, -0.25) is 0 Å². The van der Waals surface area contributed by atoms with E-state index in [1.807, 2.05) is 12.1 Å². The van der Waals surface area contributed by atoms with Crippen LogP contribution in [0.5, 0.6) is 0 Å². The van der Waals surface area contributed by atoms with Crippen LogP contribution in [0.3, 0.4) is 0 Å². The Labute approximate surface area is 111 Å². The number of benzene rings is 1. The van der Waals surface area contributed by atoms with Gasteiger partial charge in [0.15, 0.2) is 0 Å². The Morgan fingerprint density at radius 1 is 1.47 bits per heavy atom. The van der Waals surface area contributed by atoms with Gasteiger partial charge in [0.1, 0.15) is 6.07 Å². The number of rotatable bonds is 5. The van der Waals surface area contributed by atoms with E-state index in [2.05, 4.69) is 39.9 Å². The van der Waals surface area contributed by atoms with Crippen molar-refractivity contribution in [2.75, 3.05) is 11.4 Å². The van der Waals surface area contributed by atoms with Crippen molar-refractivity contribution in [2.45, 2.75) is 38.6 Å². The third-order valence-corrected chi connectivity index (χ3v) is 3.81. The highest BCUT2D eigenvalue weighted by molar-refractivity contribution is 9.10. The molecule has 1 aromatic carbocycles. The molecule has 0 bridgehead atoms. The first-order valence-electron chi connectivity index (χ1n) is 6.23. The lowest BCUT2D eigenvalue weighted by Crippen LogP contribution is -2.27. The highest BCUT2D eigenvalue weighted by Crippen LogP contribution is 2.35. The van der Waals surface area contributed by atoms with Gasteiger partial charge in [0, 0.05) is 17.1 Å². The van der Waals surface area contributed by atoms with Gasteiger partial charge in [-0.2, -0.15) is 5.26 Å². The van der Waals surface area contributed by atoms with Gasteiger partial charge in [0.25, 0.3) is 0 Å². The van der Waals surface area contributed by atoms with Crippen molar-refractivity contribution in [3.05, 3.63) is 28.2 Å². The number of unbranched alkanes of at least 4 members (excludes halogenated alkanes) is 1. The molecule has 1 aliphatic carbocycles. The second kappa shape index (κ2) is 5.55. The third-order valence-electron chi connectivity index (χ3n) is 3.15. The van der Waals surface area contributed by atoms with Crippen LogP contribution in [0, 0.1) is 11.3 Å². The molecule has 0 saturated heterocycles. The van der Waals surface area contributed by atoms with Gasteiger partial charge in [-0.05, 0) is 47.3 Å². The van der Waals surface area contributed by atoms with Crippen LogP contribution < -0.4 is 4.90 Å². The van der Waals surface area contributed by atoms with Gasteiger partial charge in [0.05, 0.1) is 11.3 Å². The lowest BCUT2D eigenvalue weighted by Gasteiger charge is -2.25. The van der Waals surface area contributed by atoms with Crippen molar-refractivity contribution in [1.29, 1.82) is 5.26 Å². The Balaban J connectivity index is 2.29. The number of nitriles is 1. The molecule has 0 spiro atoms. The van der Waals surface area contributed by atoms with Crippen molar-refractivity contribution in [1.82, 2.24) is 0 Å². The smallest absolute Gasteiger partial charge is 0.103 e. The Morgan fingerprint density at radius 2 is 2.24 bits per heavy atom. The first kappa shape index (κ1) is 12.4. The summed E-state index contributed by atoms with van der Waals surface area (Å²) in [5, 5.41) is 9.27. The molecule has 1 fully saturated rings. The van der Waals surface area contributed by atoms with Crippen molar-refractivity contribution >= 4 is 21.6 Å². The summed E-state index contributed by atoms with van der Waals surface area (Å²) in [5.74, 6) is 0. The van der Waals surface area contributed by atoms with Crippen LogP contribution in [0.15, 0.2) is 22.7 Å². The van der Waals surface area contributed by atoms with E-state index < -0.39 is 0 Å². The zero-order valence-electron chi connectivity index (χ0n) is 10.1. The molecule has 1 aliphatic rings. The number of hydrogen-bond donors (Lipinski definition) is 0. The van der Waals surface area contributed by atoms with Crippen molar-refractivity contribution in [2.24, 2.45) is 0 Å². The molecule has 0 aromatic heterocycles. The maximum absolute atomic E-state index is 9.27. The average Bonchev–Trinajstić information content (AvgIpc) is 3.14. The van der Waals surface area contributed by atoms with Crippen LogP contribution in [0.1, 0.15) is 38.2 Å². The molecule has 0 radical (unpaired) electrons. The van der Waals surface area contributed by atoms with Gasteiger partial charge in [-0.1, -0.05) is 19.4 Å². The Morgan fingerprint density at radius 3 is 2.82 bits per heavy atom. The van der Waals surface area contributed by atoms with Gasteiger partial charge in [-0.25, -0.2) is 0 Å². The Hall–Kier alpha value is -1.01. The summed E-state index contributed by atoms with van der Waals surface area (Å²) in [7, 11) is 0. The van der Waals surface area contributed by atoms with E-state index in [1.54, 1.807) is 0 Å². The van der Waals surface area contributed by atoms with E-state index >= 15 is 0 Å². The van der Waals surface area contributed by atoms with Crippen LogP contribution in [-0.2, 0) is 0 Å². The summed E-state index contributed by atoms with van der Waals surface area (Å²) in [4.78, 5) is 2.41. The number of anilines is 1. The molecule has 0 aliphatic heterocycles. The fourth-order valence-electron chi connectivity index (χ4n) is 2.08. The van der Waals surface area contributed by atoms with Gasteiger partial charge in [-0.15, -0.1) is 0 Å². The summed E-state index contributed by atoms with van der Waals surface area (Å²) in [5.41, 5.74) is 1.87. The second-order valence-corrected chi connectivity index (χ2v) is 5.38. The lowest BCUT2D eigenvalue weighted by atomic mass is 10.1. The first-order valence-corrected chi connectivity index (χ1v) is 7.02. The molecule has 0 unspecified atom stereocenters. The van der Waals surface area contributed by atoms with E-state index in [0.29, 0.717) is 6.04 Å². The van der Waals surface area contributed by atoms with E-state index in [4.69, 9.17) is 0 Å². The summed E-state index contributed by atoms with van der Waals surface area (Å²) >= 11 is 3.46. The Bertz CT molecular complexity index is 432. The maximum atomic E-state index is 9.27. The van der Waals surface area contributed by atoms with Crippen molar-refractivity contribution in [3.63, 3.8) is 0 Å². The molecule has 1 saturated carbocycles. The summed E-state index contributed by atoms with van der Waals surface area (Å²) in [6.07, 6.45) is 4.91. The van der Waals surface area contributed by atoms with Crippen LogP contribution >= 0.6 is 15.9 Å². The number of halogens is 1. The third kappa shape index (κ3) is 2.81. The number of nitrogens with zero attached hydrogens (tertiary/aromatic N) is 2. The largest absolute Gasteiger partial charge is 0.367 e. The zero-order valence-corrected chi connectivity index (χ0v) is 11.7. The minimum Gasteiger partial charge on any atom is -0.367 e. The fraction of sp³-hybridized carbons (Fsp3) is 0.500. The highest BCUT2D eigenvalue weighted by atomic mass is 79.9. The van der Waals surface area contributed by atoms with Crippen LogP contribution in [0.25, 0.3) is 0 Å². The maximum Gasteiger partial charge on any atom is 0.103 e. The van der Waals surface area contributed by atoms with E-state index in [0.717, 1.165) is 22.3 Å². The minimum atomic E-state index is 0.656. The predicted molar refractivity (Wildman–Crippen MR) is 74.1 cm³/mol. The molecule has 0 amide bonds. The topological polar surface area (TPSA) is 27.0 Å². The molecule has 1 aromatic rings. The minimum absolute atomic E-state index is 0.656. The summed E-state index contributed by atoms with van der Waals surface area (Å²) < 4.78 is 0.902. The molecule has 0 atom stereocenters. The van der Waals surface area contributed by atoms with Crippen LogP contribution in [0.4, 0.5) is 5.69 Å². The van der Waals surface area contributed by atoms with E-state index in [1.165, 1.54) is 25.7 Å². The monoisotopic (exact) mass is 292 g/mol. The Kier molecular flexibility index (Phi) is 4.06. The highest BCUT2D eigenvalue weighted by Gasteiger charge is 2.30. The quantitative estimate of drug-likeness (QED) is 0.817. The van der Waals surface area contributed by atoms with Crippen molar-refractivity contribution in [3.8, 4) is 6.07 Å². The standard InChI is InChI=1S/C14H17BrN2/c1-2-3-9-17(11-7-8-11)14-6-4-5-13(15)12(14)10-16/h4-6,11H,2-3,7-9H2,1H3. The summed E-state index contributed by atoms with van der Waals surface area (Å²) in [6.45, 7) is 3.27. The van der Waals surface area contributed by atoms with E-state index in [9.17, 15) is 5.26 Å². The predicted octanol–water partition coefficient (Wildman–Crippen LogP) is 4.09. The molecule has 90 valence electrons. The molecular weight excluding hydrogens is 276 g/mol. The molecule has 2 rings (SSSR count). The molecule has 0 heterocycles.